The number of nitrogens with zero attached hydrogens (tertiary/aromatic N) is 4. The first-order valence-corrected chi connectivity index (χ1v) is 12.6. The van der Waals surface area contributed by atoms with Gasteiger partial charge in [0, 0.05) is 56.7 Å². The molecule has 9 heteroatoms. The highest BCUT2D eigenvalue weighted by atomic mass is 32.2. The third-order valence-corrected chi connectivity index (χ3v) is 8.44. The number of carbonyl (C=O) groups excluding carboxylic acids is 2. The van der Waals surface area contributed by atoms with Crippen molar-refractivity contribution < 1.29 is 18.0 Å². The maximum Gasteiger partial charge on any atom is 0.285 e. The Bertz CT molecular complexity index is 1020. The third kappa shape index (κ3) is 3.73. The average Bonchev–Trinajstić information content (AvgIpc) is 3.03. The minimum atomic E-state index is -3.63. The van der Waals surface area contributed by atoms with Crippen molar-refractivity contribution in [3.8, 4) is 0 Å². The number of amides is 2. The van der Waals surface area contributed by atoms with Crippen molar-refractivity contribution in [2.45, 2.75) is 37.0 Å². The van der Waals surface area contributed by atoms with E-state index in [0.29, 0.717) is 63.5 Å². The van der Waals surface area contributed by atoms with Crippen molar-refractivity contribution in [1.82, 2.24) is 14.7 Å². The summed E-state index contributed by atoms with van der Waals surface area (Å²) in [7, 11) is -3.63. The van der Waals surface area contributed by atoms with Crippen LogP contribution in [0.1, 0.15) is 37.7 Å². The Hall–Kier alpha value is -2.42. The number of sulfonamides is 1. The van der Waals surface area contributed by atoms with Gasteiger partial charge < -0.3 is 14.7 Å². The normalized spacial score (nSPS) is 23.9. The summed E-state index contributed by atoms with van der Waals surface area (Å²) < 4.78 is 28.6. The van der Waals surface area contributed by atoms with E-state index in [1.165, 1.54) is 0 Å². The van der Waals surface area contributed by atoms with Gasteiger partial charge in [0.1, 0.15) is 4.90 Å². The molecule has 0 aromatic heterocycles. The fraction of sp³-hybridized carbons (Fsp3) is 0.591. The van der Waals surface area contributed by atoms with Crippen LogP contribution >= 0.6 is 0 Å². The number of rotatable bonds is 2. The van der Waals surface area contributed by atoms with Crippen molar-refractivity contribution in [2.24, 2.45) is 16.2 Å². The Balaban J connectivity index is 1.16. The van der Waals surface area contributed by atoms with Crippen LogP contribution in [-0.4, -0.2) is 80.0 Å². The van der Waals surface area contributed by atoms with Crippen molar-refractivity contribution in [3.63, 3.8) is 0 Å². The zero-order valence-corrected chi connectivity index (χ0v) is 18.4. The van der Waals surface area contributed by atoms with Gasteiger partial charge in [0.25, 0.3) is 10.0 Å². The monoisotopic (exact) mass is 444 g/mol. The number of likely N-dealkylation sites (tertiary alicyclic amines) is 1. The summed E-state index contributed by atoms with van der Waals surface area (Å²) in [6.07, 6.45) is 4.53. The van der Waals surface area contributed by atoms with Crippen LogP contribution in [0, 0.1) is 11.8 Å². The van der Waals surface area contributed by atoms with E-state index in [2.05, 4.69) is 4.40 Å². The minimum Gasteiger partial charge on any atom is -0.355 e. The number of fused-ring (bicyclic) bond motifs is 1. The molecule has 31 heavy (non-hydrogen) atoms. The molecule has 2 saturated heterocycles. The largest absolute Gasteiger partial charge is 0.355 e. The first-order valence-electron chi connectivity index (χ1n) is 11.2. The standard InChI is InChI=1S/C22H28N4O4S/c27-21(16-4-3-5-16)25-12-14-26(15-13-25)22(28)17-8-10-24(11-9-17)20-18-6-1-2-7-19(18)31(29,30)23-20/h1-2,6-7,16-17H,3-5,8-15H2. The van der Waals surface area contributed by atoms with E-state index >= 15 is 0 Å². The Morgan fingerprint density at radius 2 is 1.35 bits per heavy atom. The molecule has 3 fully saturated rings. The molecule has 4 aliphatic rings. The van der Waals surface area contributed by atoms with Gasteiger partial charge in [-0.3, -0.25) is 9.59 Å². The molecule has 2 amide bonds. The maximum atomic E-state index is 13.0. The molecule has 0 radical (unpaired) electrons. The molecule has 1 aromatic rings. The van der Waals surface area contributed by atoms with Gasteiger partial charge in [0.05, 0.1) is 0 Å². The third-order valence-electron chi connectivity index (χ3n) is 7.11. The van der Waals surface area contributed by atoms with Gasteiger partial charge in [-0.2, -0.15) is 8.42 Å². The maximum absolute atomic E-state index is 13.0. The van der Waals surface area contributed by atoms with E-state index in [1.807, 2.05) is 20.8 Å². The van der Waals surface area contributed by atoms with Gasteiger partial charge in [-0.25, -0.2) is 0 Å². The summed E-state index contributed by atoms with van der Waals surface area (Å²) >= 11 is 0. The highest BCUT2D eigenvalue weighted by molar-refractivity contribution is 7.90. The zero-order chi connectivity index (χ0) is 21.6. The molecule has 3 aliphatic heterocycles. The van der Waals surface area contributed by atoms with Crippen molar-refractivity contribution in [1.29, 1.82) is 0 Å². The summed E-state index contributed by atoms with van der Waals surface area (Å²) in [5, 5.41) is 0. The van der Waals surface area contributed by atoms with E-state index < -0.39 is 10.0 Å². The summed E-state index contributed by atoms with van der Waals surface area (Å²) in [6.45, 7) is 3.70. The molecule has 166 valence electrons. The van der Waals surface area contributed by atoms with Crippen LogP contribution in [0.5, 0.6) is 0 Å². The van der Waals surface area contributed by atoms with Gasteiger partial charge in [-0.05, 0) is 37.8 Å². The SMILES string of the molecule is O=C(C1CCC1)N1CCN(C(=O)C2CCN(C3=NS(=O)(=O)c4ccccc43)CC2)CC1. The number of hydrogen-bond acceptors (Lipinski definition) is 5. The smallest absolute Gasteiger partial charge is 0.285 e. The van der Waals surface area contributed by atoms with E-state index in [4.69, 9.17) is 0 Å². The highest BCUT2D eigenvalue weighted by Gasteiger charge is 2.37. The van der Waals surface area contributed by atoms with Crippen LogP contribution in [-0.2, 0) is 19.6 Å². The second-order valence-electron chi connectivity index (χ2n) is 8.93. The summed E-state index contributed by atoms with van der Waals surface area (Å²) in [4.78, 5) is 31.5. The molecule has 0 spiro atoms. The predicted octanol–water partition coefficient (Wildman–Crippen LogP) is 1.32. The van der Waals surface area contributed by atoms with Gasteiger partial charge in [0.2, 0.25) is 11.8 Å². The van der Waals surface area contributed by atoms with Crippen LogP contribution in [0.4, 0.5) is 0 Å². The average molecular weight is 445 g/mol. The lowest BCUT2D eigenvalue weighted by molar-refractivity contribution is -0.146. The number of benzene rings is 1. The predicted molar refractivity (Wildman–Crippen MR) is 115 cm³/mol. The van der Waals surface area contributed by atoms with Crippen LogP contribution in [0.15, 0.2) is 33.6 Å². The van der Waals surface area contributed by atoms with Crippen LogP contribution in [0.3, 0.4) is 0 Å². The fourth-order valence-electron chi connectivity index (χ4n) is 4.97. The molecule has 1 aliphatic carbocycles. The molecule has 3 heterocycles. The lowest BCUT2D eigenvalue weighted by atomic mass is 9.84. The van der Waals surface area contributed by atoms with E-state index in [-0.39, 0.29) is 28.5 Å². The molecule has 1 saturated carbocycles. The molecular formula is C22H28N4O4S. The Morgan fingerprint density at radius 3 is 1.90 bits per heavy atom. The minimum absolute atomic E-state index is 0.0565. The van der Waals surface area contributed by atoms with Crippen LogP contribution in [0.2, 0.25) is 0 Å². The van der Waals surface area contributed by atoms with E-state index in [1.54, 1.807) is 18.2 Å². The van der Waals surface area contributed by atoms with Crippen LogP contribution in [0.25, 0.3) is 0 Å². The van der Waals surface area contributed by atoms with Crippen molar-refractivity contribution >= 4 is 27.7 Å². The van der Waals surface area contributed by atoms with E-state index in [0.717, 1.165) is 19.3 Å². The quantitative estimate of drug-likeness (QED) is 0.686. The summed E-state index contributed by atoms with van der Waals surface area (Å²) in [5.74, 6) is 1.08. The van der Waals surface area contributed by atoms with Crippen molar-refractivity contribution in [2.75, 3.05) is 39.3 Å². The zero-order valence-electron chi connectivity index (χ0n) is 17.6. The molecular weight excluding hydrogens is 416 g/mol. The second kappa shape index (κ2) is 7.93. The van der Waals surface area contributed by atoms with Gasteiger partial charge in [-0.15, -0.1) is 4.40 Å². The topological polar surface area (TPSA) is 90.4 Å². The first kappa shape index (κ1) is 20.5. The molecule has 8 nitrogen and oxygen atoms in total. The second-order valence-corrected chi connectivity index (χ2v) is 10.5. The number of carbonyl (C=O) groups is 2. The lowest BCUT2D eigenvalue weighted by Gasteiger charge is -2.40. The molecule has 1 aromatic carbocycles. The highest BCUT2D eigenvalue weighted by Crippen LogP contribution is 2.31. The number of hydrogen-bond donors (Lipinski definition) is 0. The molecule has 5 rings (SSSR count). The van der Waals surface area contributed by atoms with Gasteiger partial charge in [0.15, 0.2) is 5.84 Å². The number of amidine groups is 1. The molecule has 0 N–H and O–H groups in total. The lowest BCUT2D eigenvalue weighted by Crippen LogP contribution is -2.54. The Morgan fingerprint density at radius 1 is 0.806 bits per heavy atom. The van der Waals surface area contributed by atoms with Crippen molar-refractivity contribution in [3.05, 3.63) is 29.8 Å². The Kier molecular flexibility index (Phi) is 5.24. The summed E-state index contributed by atoms with van der Waals surface area (Å²) in [5.41, 5.74) is 0.652. The number of piperazine rings is 1. The van der Waals surface area contributed by atoms with Gasteiger partial charge >= 0.3 is 0 Å². The Labute approximate surface area is 183 Å². The van der Waals surface area contributed by atoms with Crippen LogP contribution < -0.4 is 0 Å². The molecule has 0 bridgehead atoms. The molecule has 0 atom stereocenters. The number of piperidine rings is 1. The summed E-state index contributed by atoms with van der Waals surface area (Å²) in [6, 6.07) is 6.91. The van der Waals surface area contributed by atoms with E-state index in [9.17, 15) is 18.0 Å². The molecule has 0 unspecified atom stereocenters. The fourth-order valence-corrected chi connectivity index (χ4v) is 6.20. The first-order chi connectivity index (χ1) is 14.9. The van der Waals surface area contributed by atoms with Gasteiger partial charge in [-0.1, -0.05) is 18.6 Å².